The second-order valence-electron chi connectivity index (χ2n) is 5.51. The number of Topliss-reactive ketones (excluding diaryl/α,β-unsaturated/α-hetero) is 1. The number of benzene rings is 1. The number of hydrogen-bond donors (Lipinski definition) is 0. The lowest BCUT2D eigenvalue weighted by atomic mass is 9.74. The van der Waals surface area contributed by atoms with Crippen molar-refractivity contribution < 1.29 is 23.9 Å². The van der Waals surface area contributed by atoms with Gasteiger partial charge < -0.3 is 9.47 Å². The van der Waals surface area contributed by atoms with Crippen LogP contribution in [0.15, 0.2) is 24.3 Å². The molecule has 23 heavy (non-hydrogen) atoms. The van der Waals surface area contributed by atoms with E-state index >= 15 is 0 Å². The van der Waals surface area contributed by atoms with Crippen LogP contribution in [-0.2, 0) is 30.3 Å². The second-order valence-corrected chi connectivity index (χ2v) is 5.51. The molecule has 0 aromatic heterocycles. The van der Waals surface area contributed by atoms with Crippen LogP contribution in [-0.4, -0.2) is 30.9 Å². The molecule has 1 aliphatic carbocycles. The lowest BCUT2D eigenvalue weighted by molar-refractivity contribution is -0.163. The molecule has 0 bridgehead atoms. The third-order valence-corrected chi connectivity index (χ3v) is 4.12. The number of ether oxygens (including phenoxy) is 2. The fraction of sp³-hybridized carbons (Fsp3) is 0.500. The van der Waals surface area contributed by atoms with Crippen LogP contribution in [0.3, 0.4) is 0 Å². The van der Waals surface area contributed by atoms with Gasteiger partial charge in [-0.15, -0.1) is 0 Å². The Morgan fingerprint density at radius 1 is 1.13 bits per heavy atom. The Hall–Kier alpha value is -2.17. The van der Waals surface area contributed by atoms with Gasteiger partial charge in [-0.25, -0.2) is 4.79 Å². The summed E-state index contributed by atoms with van der Waals surface area (Å²) in [6.07, 6.45) is 2.45. The maximum atomic E-state index is 12.5. The van der Waals surface area contributed by atoms with Gasteiger partial charge in [0.05, 0.1) is 13.2 Å². The van der Waals surface area contributed by atoms with E-state index < -0.39 is 23.6 Å². The summed E-state index contributed by atoms with van der Waals surface area (Å²) in [5.74, 6) is -3.89. The molecule has 0 radical (unpaired) electrons. The molecule has 0 saturated carbocycles. The molecule has 2 unspecified atom stereocenters. The largest absolute Gasteiger partial charge is 0.465 e. The molecule has 0 spiro atoms. The van der Waals surface area contributed by atoms with Gasteiger partial charge in [-0.2, -0.15) is 0 Å². The van der Waals surface area contributed by atoms with Gasteiger partial charge in [-0.1, -0.05) is 24.3 Å². The van der Waals surface area contributed by atoms with E-state index in [0.717, 1.165) is 24.0 Å². The SMILES string of the molecule is CCOC(=O)C(=O)C(C(=O)OCC)C1CCCc2ccccc21. The summed E-state index contributed by atoms with van der Waals surface area (Å²) >= 11 is 0. The second kappa shape index (κ2) is 7.90. The summed E-state index contributed by atoms with van der Waals surface area (Å²) < 4.78 is 9.85. The first-order chi connectivity index (χ1) is 11.1. The minimum atomic E-state index is -1.13. The first-order valence-electron chi connectivity index (χ1n) is 8.05. The molecule has 124 valence electrons. The lowest BCUT2D eigenvalue weighted by Crippen LogP contribution is -2.38. The van der Waals surface area contributed by atoms with Gasteiger partial charge in [0.1, 0.15) is 5.92 Å². The standard InChI is InChI=1S/C18H22O5/c1-3-22-17(20)15(16(19)18(21)23-4-2)14-11-7-9-12-8-5-6-10-13(12)14/h5-6,8,10,14-15H,3-4,7,9,11H2,1-2H3. The van der Waals surface area contributed by atoms with Gasteiger partial charge >= 0.3 is 11.9 Å². The summed E-state index contributed by atoms with van der Waals surface area (Å²) in [6, 6.07) is 7.74. The van der Waals surface area contributed by atoms with Gasteiger partial charge in [0.15, 0.2) is 0 Å². The quantitative estimate of drug-likeness (QED) is 0.458. The smallest absolute Gasteiger partial charge is 0.375 e. The molecule has 2 atom stereocenters. The highest BCUT2D eigenvalue weighted by Gasteiger charge is 2.42. The third-order valence-electron chi connectivity index (χ3n) is 4.12. The minimum Gasteiger partial charge on any atom is -0.465 e. The van der Waals surface area contributed by atoms with Crippen LogP contribution in [0, 0.1) is 5.92 Å². The molecule has 5 heteroatoms. The molecule has 0 amide bonds. The number of esters is 2. The monoisotopic (exact) mass is 318 g/mol. The summed E-state index contributed by atoms with van der Waals surface area (Å²) in [4.78, 5) is 36.7. The normalized spacial score (nSPS) is 17.7. The number of fused-ring (bicyclic) bond motifs is 1. The predicted molar refractivity (Wildman–Crippen MR) is 83.9 cm³/mol. The van der Waals surface area contributed by atoms with Crippen molar-refractivity contribution in [3.05, 3.63) is 35.4 Å². The number of carbonyl (C=O) groups is 3. The van der Waals surface area contributed by atoms with Crippen molar-refractivity contribution in [1.82, 2.24) is 0 Å². The van der Waals surface area contributed by atoms with Crippen molar-refractivity contribution in [2.45, 2.75) is 39.0 Å². The van der Waals surface area contributed by atoms with Gasteiger partial charge in [-0.3, -0.25) is 9.59 Å². The first-order valence-corrected chi connectivity index (χ1v) is 8.05. The Morgan fingerprint density at radius 3 is 2.52 bits per heavy atom. The van der Waals surface area contributed by atoms with E-state index in [1.165, 1.54) is 0 Å². The Labute approximate surface area is 136 Å². The Balaban J connectivity index is 2.36. The average molecular weight is 318 g/mol. The van der Waals surface area contributed by atoms with E-state index in [2.05, 4.69) is 0 Å². The van der Waals surface area contributed by atoms with Crippen molar-refractivity contribution in [2.24, 2.45) is 5.92 Å². The van der Waals surface area contributed by atoms with Gasteiger partial charge in [-0.05, 0) is 44.2 Å². The van der Waals surface area contributed by atoms with Crippen LogP contribution in [0.1, 0.15) is 43.7 Å². The van der Waals surface area contributed by atoms with E-state index in [1.54, 1.807) is 13.8 Å². The lowest BCUT2D eigenvalue weighted by Gasteiger charge is -2.29. The summed E-state index contributed by atoms with van der Waals surface area (Å²) in [5.41, 5.74) is 2.07. The van der Waals surface area contributed by atoms with Crippen molar-refractivity contribution in [2.75, 3.05) is 13.2 Å². The van der Waals surface area contributed by atoms with Crippen LogP contribution in [0.4, 0.5) is 0 Å². The van der Waals surface area contributed by atoms with Gasteiger partial charge in [0, 0.05) is 5.92 Å². The van der Waals surface area contributed by atoms with Crippen molar-refractivity contribution in [3.63, 3.8) is 0 Å². The number of hydrogen-bond acceptors (Lipinski definition) is 5. The zero-order chi connectivity index (χ0) is 16.8. The fourth-order valence-electron chi connectivity index (χ4n) is 3.15. The topological polar surface area (TPSA) is 69.7 Å². The maximum Gasteiger partial charge on any atom is 0.375 e. The Morgan fingerprint density at radius 2 is 1.83 bits per heavy atom. The molecule has 0 N–H and O–H groups in total. The molecular weight excluding hydrogens is 296 g/mol. The Kier molecular flexibility index (Phi) is 5.90. The van der Waals surface area contributed by atoms with Gasteiger partial charge in [0.25, 0.3) is 5.78 Å². The summed E-state index contributed by atoms with van der Waals surface area (Å²) in [7, 11) is 0. The van der Waals surface area contributed by atoms with Gasteiger partial charge in [0.2, 0.25) is 0 Å². The van der Waals surface area contributed by atoms with Crippen LogP contribution in [0.25, 0.3) is 0 Å². The highest BCUT2D eigenvalue weighted by atomic mass is 16.5. The molecule has 0 heterocycles. The summed E-state index contributed by atoms with van der Waals surface area (Å²) in [6.45, 7) is 3.57. The number of rotatable bonds is 6. The van der Waals surface area contributed by atoms with E-state index in [1.807, 2.05) is 24.3 Å². The number of carbonyl (C=O) groups excluding carboxylic acids is 3. The molecular formula is C18H22O5. The molecule has 0 fully saturated rings. The molecule has 0 aliphatic heterocycles. The number of ketones is 1. The molecule has 2 rings (SSSR count). The molecule has 1 aliphatic rings. The summed E-state index contributed by atoms with van der Waals surface area (Å²) in [5, 5.41) is 0. The van der Waals surface area contributed by atoms with E-state index in [4.69, 9.17) is 9.47 Å². The van der Waals surface area contributed by atoms with Crippen LogP contribution in [0.2, 0.25) is 0 Å². The molecule has 1 aromatic carbocycles. The Bertz CT molecular complexity index is 593. The maximum absolute atomic E-state index is 12.5. The number of aryl methyl sites for hydroxylation is 1. The highest BCUT2D eigenvalue weighted by Crippen LogP contribution is 2.38. The van der Waals surface area contributed by atoms with Crippen molar-refractivity contribution >= 4 is 17.7 Å². The van der Waals surface area contributed by atoms with E-state index in [-0.39, 0.29) is 19.1 Å². The zero-order valence-electron chi connectivity index (χ0n) is 13.5. The van der Waals surface area contributed by atoms with Crippen LogP contribution >= 0.6 is 0 Å². The molecule has 1 aromatic rings. The van der Waals surface area contributed by atoms with Crippen LogP contribution < -0.4 is 0 Å². The highest BCUT2D eigenvalue weighted by molar-refractivity contribution is 6.38. The minimum absolute atomic E-state index is 0.0986. The zero-order valence-corrected chi connectivity index (χ0v) is 13.5. The van der Waals surface area contributed by atoms with Crippen molar-refractivity contribution in [3.8, 4) is 0 Å². The molecule has 5 nitrogen and oxygen atoms in total. The van der Waals surface area contributed by atoms with Crippen molar-refractivity contribution in [1.29, 1.82) is 0 Å². The third kappa shape index (κ3) is 3.78. The van der Waals surface area contributed by atoms with Crippen LogP contribution in [0.5, 0.6) is 0 Å². The average Bonchev–Trinajstić information content (AvgIpc) is 2.55. The predicted octanol–water partition coefficient (Wildman–Crippen LogP) is 2.42. The fourth-order valence-corrected chi connectivity index (χ4v) is 3.15. The first kappa shape index (κ1) is 17.2. The molecule has 0 saturated heterocycles. The van der Waals surface area contributed by atoms with E-state index in [0.29, 0.717) is 6.42 Å². The van der Waals surface area contributed by atoms with E-state index in [9.17, 15) is 14.4 Å².